The first kappa shape index (κ1) is 7.68. The highest BCUT2D eigenvalue weighted by atomic mass is 16.5. The van der Waals surface area contributed by atoms with Crippen LogP contribution in [-0.2, 0) is 4.74 Å². The Kier molecular flexibility index (Phi) is 2.04. The zero-order valence-corrected chi connectivity index (χ0v) is 7.25. The van der Waals surface area contributed by atoms with Crippen LogP contribution < -0.4 is 4.90 Å². The van der Waals surface area contributed by atoms with Crippen molar-refractivity contribution in [3.63, 3.8) is 0 Å². The van der Waals surface area contributed by atoms with Crippen LogP contribution in [0.3, 0.4) is 0 Å². The molecular weight excluding hydrogens is 154 g/mol. The van der Waals surface area contributed by atoms with Crippen LogP contribution in [0.1, 0.15) is 5.76 Å². The second-order valence-corrected chi connectivity index (χ2v) is 3.01. The number of furan rings is 1. The fraction of sp³-hybridized carbons (Fsp3) is 0.556. The van der Waals surface area contributed by atoms with Crippen LogP contribution in [0.15, 0.2) is 16.7 Å². The van der Waals surface area contributed by atoms with Gasteiger partial charge in [0.1, 0.15) is 12.0 Å². The summed E-state index contributed by atoms with van der Waals surface area (Å²) in [6, 6.07) is 2.06. The van der Waals surface area contributed by atoms with Crippen LogP contribution in [0.25, 0.3) is 0 Å². The Morgan fingerprint density at radius 2 is 2.08 bits per heavy atom. The van der Waals surface area contributed by atoms with Gasteiger partial charge in [-0.2, -0.15) is 0 Å². The van der Waals surface area contributed by atoms with Crippen molar-refractivity contribution in [2.75, 3.05) is 31.2 Å². The average Bonchev–Trinajstić information content (AvgIpc) is 2.54. The fourth-order valence-corrected chi connectivity index (χ4v) is 1.42. The highest BCUT2D eigenvalue weighted by Gasteiger charge is 2.12. The molecule has 1 aliphatic rings. The Labute approximate surface area is 71.9 Å². The zero-order chi connectivity index (χ0) is 8.39. The van der Waals surface area contributed by atoms with Gasteiger partial charge < -0.3 is 14.1 Å². The van der Waals surface area contributed by atoms with E-state index >= 15 is 0 Å². The number of aryl methyl sites for hydroxylation is 1. The number of morpholine rings is 1. The summed E-state index contributed by atoms with van der Waals surface area (Å²) < 4.78 is 10.5. The molecule has 12 heavy (non-hydrogen) atoms. The summed E-state index contributed by atoms with van der Waals surface area (Å²) in [6.07, 6.45) is 1.81. The van der Waals surface area contributed by atoms with E-state index in [0.717, 1.165) is 32.1 Å². The van der Waals surface area contributed by atoms with Crippen LogP contribution >= 0.6 is 0 Å². The lowest BCUT2D eigenvalue weighted by Crippen LogP contribution is -2.35. The van der Waals surface area contributed by atoms with E-state index in [1.807, 2.05) is 6.92 Å². The molecule has 1 fully saturated rings. The molecule has 0 N–H and O–H groups in total. The van der Waals surface area contributed by atoms with Crippen molar-refractivity contribution in [2.24, 2.45) is 0 Å². The van der Waals surface area contributed by atoms with Crippen LogP contribution in [0, 0.1) is 6.92 Å². The SMILES string of the molecule is Cc1cc(N2CCOCC2)co1. The van der Waals surface area contributed by atoms with E-state index in [4.69, 9.17) is 9.15 Å². The summed E-state index contributed by atoms with van der Waals surface area (Å²) >= 11 is 0. The number of ether oxygens (including phenoxy) is 1. The van der Waals surface area contributed by atoms with Gasteiger partial charge in [-0.3, -0.25) is 0 Å². The molecule has 66 valence electrons. The van der Waals surface area contributed by atoms with E-state index in [9.17, 15) is 0 Å². The summed E-state index contributed by atoms with van der Waals surface area (Å²) in [4.78, 5) is 2.28. The van der Waals surface area contributed by atoms with Crippen molar-refractivity contribution < 1.29 is 9.15 Å². The third-order valence-electron chi connectivity index (χ3n) is 2.09. The number of hydrogen-bond donors (Lipinski definition) is 0. The second-order valence-electron chi connectivity index (χ2n) is 3.01. The standard InChI is InChI=1S/C9H13NO2/c1-8-6-9(7-12-8)10-2-4-11-5-3-10/h6-7H,2-5H2,1H3. The molecule has 0 atom stereocenters. The van der Waals surface area contributed by atoms with Crippen molar-refractivity contribution in [3.05, 3.63) is 18.1 Å². The van der Waals surface area contributed by atoms with Gasteiger partial charge in [-0.15, -0.1) is 0 Å². The van der Waals surface area contributed by atoms with E-state index in [-0.39, 0.29) is 0 Å². The zero-order valence-electron chi connectivity index (χ0n) is 7.25. The molecule has 3 nitrogen and oxygen atoms in total. The molecule has 0 amide bonds. The number of anilines is 1. The van der Waals surface area contributed by atoms with Crippen LogP contribution in [-0.4, -0.2) is 26.3 Å². The maximum absolute atomic E-state index is 5.26. The number of hydrogen-bond acceptors (Lipinski definition) is 3. The normalized spacial score (nSPS) is 18.2. The van der Waals surface area contributed by atoms with Crippen molar-refractivity contribution >= 4 is 5.69 Å². The topological polar surface area (TPSA) is 25.6 Å². The third-order valence-corrected chi connectivity index (χ3v) is 2.09. The lowest BCUT2D eigenvalue weighted by Gasteiger charge is -2.27. The van der Waals surface area contributed by atoms with Crippen LogP contribution in [0.2, 0.25) is 0 Å². The van der Waals surface area contributed by atoms with Gasteiger partial charge in [-0.05, 0) is 6.92 Å². The first-order chi connectivity index (χ1) is 5.86. The lowest BCUT2D eigenvalue weighted by atomic mass is 10.3. The van der Waals surface area contributed by atoms with Crippen molar-refractivity contribution in [2.45, 2.75) is 6.92 Å². The van der Waals surface area contributed by atoms with E-state index in [2.05, 4.69) is 11.0 Å². The fourth-order valence-electron chi connectivity index (χ4n) is 1.42. The number of rotatable bonds is 1. The molecule has 0 spiro atoms. The average molecular weight is 167 g/mol. The van der Waals surface area contributed by atoms with Gasteiger partial charge in [0.2, 0.25) is 0 Å². The van der Waals surface area contributed by atoms with Gasteiger partial charge >= 0.3 is 0 Å². The van der Waals surface area contributed by atoms with Crippen molar-refractivity contribution in [1.82, 2.24) is 0 Å². The Bertz CT molecular complexity index is 251. The molecule has 3 heteroatoms. The lowest BCUT2D eigenvalue weighted by molar-refractivity contribution is 0.122. The summed E-state index contributed by atoms with van der Waals surface area (Å²) in [5.41, 5.74) is 1.18. The molecule has 2 rings (SSSR count). The Morgan fingerprint density at radius 3 is 2.67 bits per heavy atom. The van der Waals surface area contributed by atoms with Gasteiger partial charge in [-0.25, -0.2) is 0 Å². The molecule has 0 aromatic carbocycles. The summed E-state index contributed by atoms with van der Waals surface area (Å²) in [7, 11) is 0. The van der Waals surface area contributed by atoms with E-state index in [1.165, 1.54) is 5.69 Å². The Balaban J connectivity index is 2.08. The first-order valence-corrected chi connectivity index (χ1v) is 4.24. The molecule has 1 aromatic heterocycles. The smallest absolute Gasteiger partial charge is 0.114 e. The van der Waals surface area contributed by atoms with E-state index in [1.54, 1.807) is 6.26 Å². The van der Waals surface area contributed by atoms with Gasteiger partial charge in [0.25, 0.3) is 0 Å². The molecule has 0 radical (unpaired) electrons. The predicted octanol–water partition coefficient (Wildman–Crippen LogP) is 1.42. The quantitative estimate of drug-likeness (QED) is 0.632. The highest BCUT2D eigenvalue weighted by Crippen LogP contribution is 2.18. The summed E-state index contributed by atoms with van der Waals surface area (Å²) in [5.74, 6) is 0.969. The summed E-state index contributed by atoms with van der Waals surface area (Å²) in [6.45, 7) is 5.55. The van der Waals surface area contributed by atoms with Gasteiger partial charge in [0.05, 0.1) is 18.9 Å². The molecule has 0 bridgehead atoms. The minimum Gasteiger partial charge on any atom is -0.467 e. The third kappa shape index (κ3) is 1.46. The first-order valence-electron chi connectivity index (χ1n) is 4.24. The maximum atomic E-state index is 5.26. The number of nitrogens with zero attached hydrogens (tertiary/aromatic N) is 1. The van der Waals surface area contributed by atoms with Crippen LogP contribution in [0.5, 0.6) is 0 Å². The maximum Gasteiger partial charge on any atom is 0.114 e. The Hall–Kier alpha value is -0.960. The molecule has 0 unspecified atom stereocenters. The highest BCUT2D eigenvalue weighted by molar-refractivity contribution is 5.44. The predicted molar refractivity (Wildman–Crippen MR) is 46.5 cm³/mol. The molecule has 1 aromatic rings. The van der Waals surface area contributed by atoms with Gasteiger partial charge in [0, 0.05) is 19.2 Å². The molecule has 2 heterocycles. The van der Waals surface area contributed by atoms with Gasteiger partial charge in [-0.1, -0.05) is 0 Å². The molecule has 0 saturated carbocycles. The monoisotopic (exact) mass is 167 g/mol. The van der Waals surface area contributed by atoms with E-state index < -0.39 is 0 Å². The summed E-state index contributed by atoms with van der Waals surface area (Å²) in [5, 5.41) is 0. The second kappa shape index (κ2) is 3.19. The Morgan fingerprint density at radius 1 is 1.33 bits per heavy atom. The van der Waals surface area contributed by atoms with Gasteiger partial charge in [0.15, 0.2) is 0 Å². The van der Waals surface area contributed by atoms with Crippen molar-refractivity contribution in [3.8, 4) is 0 Å². The largest absolute Gasteiger partial charge is 0.467 e. The van der Waals surface area contributed by atoms with Crippen LogP contribution in [0.4, 0.5) is 5.69 Å². The van der Waals surface area contributed by atoms with Crippen molar-refractivity contribution in [1.29, 1.82) is 0 Å². The minimum absolute atomic E-state index is 0.824. The molecule has 1 saturated heterocycles. The van der Waals surface area contributed by atoms with E-state index in [0.29, 0.717) is 0 Å². The minimum atomic E-state index is 0.824. The molecular formula is C9H13NO2. The molecule has 0 aliphatic carbocycles. The molecule has 1 aliphatic heterocycles.